The third kappa shape index (κ3) is 5.25. The first-order valence-corrected chi connectivity index (χ1v) is 11.3. The normalized spacial score (nSPS) is 17.0. The molecule has 8 heteroatoms. The molecule has 1 aliphatic carbocycles. The minimum atomic E-state index is -0.727. The first-order chi connectivity index (χ1) is 15.0. The number of fused-ring (bicyclic) bond motifs is 3. The van der Waals surface area contributed by atoms with Gasteiger partial charge in [0.2, 0.25) is 0 Å². The number of aromatic nitrogens is 2. The fourth-order valence-corrected chi connectivity index (χ4v) is 5.49. The lowest BCUT2D eigenvalue weighted by Crippen LogP contribution is -2.35. The monoisotopic (exact) mass is 441 g/mol. The van der Waals surface area contributed by atoms with Crippen LogP contribution < -0.4 is 5.56 Å². The number of aryl methyl sites for hydroxylation is 1. The largest absolute Gasteiger partial charge is 0.468 e. The minimum Gasteiger partial charge on any atom is -0.468 e. The number of ether oxygens (including phenoxy) is 1. The van der Waals surface area contributed by atoms with Gasteiger partial charge in [0.05, 0.1) is 37.4 Å². The molecule has 164 valence electrons. The number of furan rings is 1. The molecule has 2 unspecified atom stereocenters. The van der Waals surface area contributed by atoms with Crippen LogP contribution >= 0.6 is 11.3 Å². The summed E-state index contributed by atoms with van der Waals surface area (Å²) in [6.07, 6.45) is 9.14. The predicted octanol–water partition coefficient (Wildman–Crippen LogP) is 2.72. The Bertz CT molecular complexity index is 1110. The molecule has 7 nitrogen and oxygen atoms in total. The molecule has 1 aliphatic rings. The highest BCUT2D eigenvalue weighted by Gasteiger charge is 2.23. The van der Waals surface area contributed by atoms with Gasteiger partial charge in [-0.3, -0.25) is 9.69 Å². The van der Waals surface area contributed by atoms with Gasteiger partial charge in [-0.1, -0.05) is 12.8 Å². The molecule has 2 atom stereocenters. The van der Waals surface area contributed by atoms with Crippen molar-refractivity contribution in [3.8, 4) is 12.3 Å². The van der Waals surface area contributed by atoms with Crippen molar-refractivity contribution in [3.63, 3.8) is 0 Å². The summed E-state index contributed by atoms with van der Waals surface area (Å²) < 4.78 is 10.7. The number of aliphatic hydroxyl groups is 1. The molecule has 31 heavy (non-hydrogen) atoms. The number of terminal acetylenes is 1. The second kappa shape index (κ2) is 9.79. The molecule has 0 spiro atoms. The SMILES string of the molecule is C#CCOCC(O)CN(Cc1nc2sc3c(c2c(=O)[nH]1)CCC(C)C3)Cc1ccco1. The van der Waals surface area contributed by atoms with E-state index in [0.717, 1.165) is 35.2 Å². The molecule has 4 rings (SSSR count). The van der Waals surface area contributed by atoms with Gasteiger partial charge in [0.1, 0.15) is 23.0 Å². The molecule has 3 aromatic rings. The lowest BCUT2D eigenvalue weighted by Gasteiger charge is -2.23. The van der Waals surface area contributed by atoms with Crippen molar-refractivity contribution < 1.29 is 14.3 Å². The van der Waals surface area contributed by atoms with Gasteiger partial charge >= 0.3 is 0 Å². The zero-order chi connectivity index (χ0) is 21.8. The molecule has 0 fully saturated rings. The quantitative estimate of drug-likeness (QED) is 0.392. The van der Waals surface area contributed by atoms with Crippen molar-refractivity contribution in [2.45, 2.75) is 45.4 Å². The summed E-state index contributed by atoms with van der Waals surface area (Å²) in [7, 11) is 0. The lowest BCUT2D eigenvalue weighted by molar-refractivity contribution is 0.0225. The molecule has 3 heterocycles. The van der Waals surface area contributed by atoms with Crippen molar-refractivity contribution in [3.05, 3.63) is 50.8 Å². The number of hydrogen-bond donors (Lipinski definition) is 2. The molecule has 3 aromatic heterocycles. The van der Waals surface area contributed by atoms with Gasteiger partial charge in [0.15, 0.2) is 0 Å². The van der Waals surface area contributed by atoms with Crippen LogP contribution in [0.1, 0.15) is 35.4 Å². The average molecular weight is 442 g/mol. The Kier molecular flexibility index (Phi) is 6.88. The van der Waals surface area contributed by atoms with Crippen LogP contribution in [0.4, 0.5) is 0 Å². The van der Waals surface area contributed by atoms with Crippen LogP contribution in [-0.2, 0) is 30.7 Å². The number of hydrogen-bond acceptors (Lipinski definition) is 7. The summed E-state index contributed by atoms with van der Waals surface area (Å²) >= 11 is 1.64. The maximum atomic E-state index is 12.9. The summed E-state index contributed by atoms with van der Waals surface area (Å²) in [5.41, 5.74) is 1.09. The van der Waals surface area contributed by atoms with E-state index >= 15 is 0 Å². The molecular weight excluding hydrogens is 414 g/mol. The van der Waals surface area contributed by atoms with Crippen molar-refractivity contribution in [2.24, 2.45) is 5.92 Å². The van der Waals surface area contributed by atoms with E-state index in [1.165, 1.54) is 10.4 Å². The van der Waals surface area contributed by atoms with Gasteiger partial charge < -0.3 is 19.2 Å². The predicted molar refractivity (Wildman–Crippen MR) is 120 cm³/mol. The number of nitrogens with zero attached hydrogens (tertiary/aromatic N) is 2. The summed E-state index contributed by atoms with van der Waals surface area (Å²) in [6, 6.07) is 3.70. The maximum absolute atomic E-state index is 12.9. The summed E-state index contributed by atoms with van der Waals surface area (Å²) in [4.78, 5) is 24.7. The lowest BCUT2D eigenvalue weighted by atomic mass is 9.89. The van der Waals surface area contributed by atoms with Crippen LogP contribution in [0, 0.1) is 18.3 Å². The van der Waals surface area contributed by atoms with Crippen molar-refractivity contribution in [2.75, 3.05) is 19.8 Å². The van der Waals surface area contributed by atoms with Crippen LogP contribution in [0.5, 0.6) is 0 Å². The molecule has 0 saturated carbocycles. The second-order valence-corrected chi connectivity index (χ2v) is 9.25. The zero-order valence-electron chi connectivity index (χ0n) is 17.6. The highest BCUT2D eigenvalue weighted by molar-refractivity contribution is 7.18. The average Bonchev–Trinajstić information content (AvgIpc) is 3.35. The van der Waals surface area contributed by atoms with Gasteiger partial charge in [-0.05, 0) is 42.9 Å². The van der Waals surface area contributed by atoms with E-state index in [4.69, 9.17) is 20.6 Å². The van der Waals surface area contributed by atoms with E-state index in [2.05, 4.69) is 17.8 Å². The smallest absolute Gasteiger partial charge is 0.259 e. The van der Waals surface area contributed by atoms with Crippen LogP contribution in [0.15, 0.2) is 27.6 Å². The molecule has 0 bridgehead atoms. The molecule has 0 radical (unpaired) electrons. The maximum Gasteiger partial charge on any atom is 0.259 e. The number of H-pyrrole nitrogens is 1. The number of thiophene rings is 1. The molecule has 0 saturated heterocycles. The topological polar surface area (TPSA) is 91.6 Å². The number of aromatic amines is 1. The van der Waals surface area contributed by atoms with Gasteiger partial charge in [-0.25, -0.2) is 4.98 Å². The summed E-state index contributed by atoms with van der Waals surface area (Å²) in [5.74, 6) is 4.37. The highest BCUT2D eigenvalue weighted by Crippen LogP contribution is 2.35. The van der Waals surface area contributed by atoms with Gasteiger partial charge in [0.25, 0.3) is 5.56 Å². The molecule has 0 amide bonds. The van der Waals surface area contributed by atoms with E-state index in [1.807, 2.05) is 17.0 Å². The molecular formula is C23H27N3O4S. The fraction of sp³-hybridized carbons (Fsp3) is 0.478. The van der Waals surface area contributed by atoms with Gasteiger partial charge in [-0.15, -0.1) is 17.8 Å². The first kappa shape index (κ1) is 21.8. The minimum absolute atomic E-state index is 0.0806. The third-order valence-electron chi connectivity index (χ3n) is 5.51. The van der Waals surface area contributed by atoms with Gasteiger partial charge in [-0.2, -0.15) is 0 Å². The van der Waals surface area contributed by atoms with E-state index in [0.29, 0.717) is 31.4 Å². The Balaban J connectivity index is 1.55. The Morgan fingerprint density at radius 1 is 1.52 bits per heavy atom. The highest BCUT2D eigenvalue weighted by atomic mass is 32.1. The third-order valence-corrected chi connectivity index (χ3v) is 6.66. The Labute approximate surface area is 185 Å². The number of nitrogens with one attached hydrogen (secondary N) is 1. The van der Waals surface area contributed by atoms with Crippen molar-refractivity contribution in [1.29, 1.82) is 0 Å². The van der Waals surface area contributed by atoms with Gasteiger partial charge in [0, 0.05) is 11.4 Å². The summed E-state index contributed by atoms with van der Waals surface area (Å²) in [6.45, 7) is 3.71. The van der Waals surface area contributed by atoms with E-state index < -0.39 is 6.10 Å². The molecule has 0 aliphatic heterocycles. The molecule has 0 aromatic carbocycles. The summed E-state index contributed by atoms with van der Waals surface area (Å²) in [5, 5.41) is 11.1. The second-order valence-electron chi connectivity index (χ2n) is 8.17. The van der Waals surface area contributed by atoms with Crippen molar-refractivity contribution >= 4 is 21.6 Å². The Morgan fingerprint density at radius 2 is 2.39 bits per heavy atom. The van der Waals surface area contributed by atoms with E-state index in [-0.39, 0.29) is 18.8 Å². The standard InChI is InChI=1S/C23H27N3O4S/c1-3-8-29-14-16(27)11-26(12-17-5-4-9-30-17)13-20-24-22(28)21-18-7-6-15(2)10-19(18)31-23(21)25-20/h1,4-5,9,15-16,27H,6-8,10-14H2,2H3,(H,24,25,28). The first-order valence-electron chi connectivity index (χ1n) is 10.5. The Morgan fingerprint density at radius 3 is 3.16 bits per heavy atom. The Hall–Kier alpha value is -2.44. The zero-order valence-corrected chi connectivity index (χ0v) is 18.4. The number of rotatable bonds is 9. The number of aliphatic hydroxyl groups excluding tert-OH is 1. The van der Waals surface area contributed by atoms with Crippen LogP contribution in [-0.4, -0.2) is 45.8 Å². The van der Waals surface area contributed by atoms with Crippen LogP contribution in [0.3, 0.4) is 0 Å². The van der Waals surface area contributed by atoms with Crippen molar-refractivity contribution in [1.82, 2.24) is 14.9 Å². The van der Waals surface area contributed by atoms with Crippen LogP contribution in [0.25, 0.3) is 10.2 Å². The van der Waals surface area contributed by atoms with E-state index in [1.54, 1.807) is 17.6 Å². The fourth-order valence-electron chi connectivity index (χ4n) is 4.09. The van der Waals surface area contributed by atoms with E-state index in [9.17, 15) is 9.90 Å². The van der Waals surface area contributed by atoms with Crippen LogP contribution in [0.2, 0.25) is 0 Å². The molecule has 2 N–H and O–H groups in total.